The first-order valence-corrected chi connectivity index (χ1v) is 4.81. The Balaban J connectivity index is 2.52. The highest BCUT2D eigenvalue weighted by atomic mass is 16.6. The van der Waals surface area contributed by atoms with Gasteiger partial charge in [-0.3, -0.25) is 4.79 Å². The topological polar surface area (TPSA) is 61.5 Å². The van der Waals surface area contributed by atoms with Crippen LogP contribution in [0, 0.1) is 5.41 Å². The molecule has 1 atom stereocenters. The molecule has 0 unspecified atom stereocenters. The van der Waals surface area contributed by atoms with Crippen molar-refractivity contribution in [1.29, 1.82) is 0 Å². The van der Waals surface area contributed by atoms with Crippen LogP contribution in [0.1, 0.15) is 27.7 Å². The molecule has 1 saturated heterocycles. The summed E-state index contributed by atoms with van der Waals surface area (Å²) >= 11 is 0. The van der Waals surface area contributed by atoms with Gasteiger partial charge in [0.05, 0.1) is 13.2 Å². The zero-order valence-corrected chi connectivity index (χ0v) is 9.29. The van der Waals surface area contributed by atoms with Crippen LogP contribution in [-0.4, -0.2) is 30.8 Å². The second-order valence-corrected chi connectivity index (χ2v) is 5.16. The molecule has 0 aliphatic carbocycles. The van der Waals surface area contributed by atoms with E-state index in [1.165, 1.54) is 0 Å². The third-order valence-electron chi connectivity index (χ3n) is 2.28. The van der Waals surface area contributed by atoms with Crippen molar-refractivity contribution >= 4 is 5.97 Å². The second kappa shape index (κ2) is 3.51. The van der Waals surface area contributed by atoms with E-state index in [1.807, 2.05) is 27.7 Å². The van der Waals surface area contributed by atoms with Crippen LogP contribution in [0.5, 0.6) is 0 Å². The zero-order valence-electron chi connectivity index (χ0n) is 9.29. The molecule has 14 heavy (non-hydrogen) atoms. The first-order valence-electron chi connectivity index (χ1n) is 4.81. The molecule has 0 aromatic rings. The van der Waals surface area contributed by atoms with Gasteiger partial charge in [0.1, 0.15) is 11.6 Å². The summed E-state index contributed by atoms with van der Waals surface area (Å²) in [6, 6.07) is -0.588. The van der Waals surface area contributed by atoms with E-state index in [4.69, 9.17) is 15.2 Å². The summed E-state index contributed by atoms with van der Waals surface area (Å²) < 4.78 is 10.3. The highest BCUT2D eigenvalue weighted by Crippen LogP contribution is 2.30. The number of carbonyl (C=O) groups excluding carboxylic acids is 1. The largest absolute Gasteiger partial charge is 0.459 e. The van der Waals surface area contributed by atoms with Crippen LogP contribution in [0.25, 0.3) is 0 Å². The van der Waals surface area contributed by atoms with Crippen molar-refractivity contribution in [3.05, 3.63) is 0 Å². The molecule has 82 valence electrons. The Bertz CT molecular complexity index is 228. The summed E-state index contributed by atoms with van der Waals surface area (Å²) in [6.45, 7) is 8.50. The molecule has 1 fully saturated rings. The van der Waals surface area contributed by atoms with Gasteiger partial charge in [-0.05, 0) is 20.8 Å². The number of esters is 1. The van der Waals surface area contributed by atoms with E-state index < -0.39 is 11.6 Å². The molecule has 0 aromatic heterocycles. The van der Waals surface area contributed by atoms with Crippen molar-refractivity contribution < 1.29 is 14.3 Å². The number of hydrogen-bond donors (Lipinski definition) is 1. The summed E-state index contributed by atoms with van der Waals surface area (Å²) in [5.74, 6) is -0.344. The first-order chi connectivity index (χ1) is 6.25. The van der Waals surface area contributed by atoms with Gasteiger partial charge in [0.25, 0.3) is 0 Å². The average molecular weight is 201 g/mol. The average Bonchev–Trinajstić information content (AvgIpc) is 1.95. The Morgan fingerprint density at radius 3 is 2.29 bits per heavy atom. The van der Waals surface area contributed by atoms with Gasteiger partial charge in [-0.25, -0.2) is 0 Å². The molecule has 1 aliphatic heterocycles. The number of rotatable bonds is 2. The summed E-state index contributed by atoms with van der Waals surface area (Å²) in [6.07, 6.45) is 0. The zero-order chi connectivity index (χ0) is 11.0. The molecule has 1 heterocycles. The van der Waals surface area contributed by atoms with E-state index in [0.717, 1.165) is 0 Å². The predicted octanol–water partition coefficient (Wildman–Crippen LogP) is 0.692. The van der Waals surface area contributed by atoms with E-state index in [9.17, 15) is 4.79 Å². The third-order valence-corrected chi connectivity index (χ3v) is 2.28. The van der Waals surface area contributed by atoms with Crippen molar-refractivity contribution in [3.8, 4) is 0 Å². The lowest BCUT2D eigenvalue weighted by Crippen LogP contribution is -2.57. The van der Waals surface area contributed by atoms with Crippen LogP contribution in [0.2, 0.25) is 0 Å². The molecule has 4 nitrogen and oxygen atoms in total. The van der Waals surface area contributed by atoms with Gasteiger partial charge in [0.15, 0.2) is 0 Å². The number of carbonyl (C=O) groups is 1. The fraction of sp³-hybridized carbons (Fsp3) is 0.900. The third kappa shape index (κ3) is 2.45. The van der Waals surface area contributed by atoms with Gasteiger partial charge < -0.3 is 15.2 Å². The Labute approximate surface area is 84.7 Å². The van der Waals surface area contributed by atoms with Crippen LogP contribution in [0.3, 0.4) is 0 Å². The van der Waals surface area contributed by atoms with Crippen molar-refractivity contribution in [2.75, 3.05) is 13.2 Å². The van der Waals surface area contributed by atoms with Crippen molar-refractivity contribution in [1.82, 2.24) is 0 Å². The highest BCUT2D eigenvalue weighted by molar-refractivity contribution is 5.77. The van der Waals surface area contributed by atoms with Crippen LogP contribution in [-0.2, 0) is 14.3 Å². The lowest BCUT2D eigenvalue weighted by atomic mass is 9.81. The molecule has 1 rings (SSSR count). The van der Waals surface area contributed by atoms with E-state index in [0.29, 0.717) is 13.2 Å². The molecule has 0 bridgehead atoms. The SMILES string of the molecule is CC(C)(C)OC(=O)[C@H](N)C1(C)COC1. The lowest BCUT2D eigenvalue weighted by molar-refractivity contribution is -0.173. The molecular weight excluding hydrogens is 182 g/mol. The molecule has 2 N–H and O–H groups in total. The van der Waals surface area contributed by atoms with E-state index in [-0.39, 0.29) is 11.4 Å². The lowest BCUT2D eigenvalue weighted by Gasteiger charge is -2.41. The van der Waals surface area contributed by atoms with Crippen molar-refractivity contribution in [2.45, 2.75) is 39.3 Å². The molecule has 0 radical (unpaired) electrons. The molecule has 4 heteroatoms. The van der Waals surface area contributed by atoms with Crippen LogP contribution >= 0.6 is 0 Å². The van der Waals surface area contributed by atoms with E-state index in [2.05, 4.69) is 0 Å². The van der Waals surface area contributed by atoms with Gasteiger partial charge in [0.2, 0.25) is 0 Å². The van der Waals surface area contributed by atoms with Crippen LogP contribution in [0.15, 0.2) is 0 Å². The number of hydrogen-bond acceptors (Lipinski definition) is 4. The fourth-order valence-corrected chi connectivity index (χ4v) is 1.25. The summed E-state index contributed by atoms with van der Waals surface area (Å²) in [7, 11) is 0. The highest BCUT2D eigenvalue weighted by Gasteiger charge is 2.44. The van der Waals surface area contributed by atoms with Crippen molar-refractivity contribution in [3.63, 3.8) is 0 Å². The van der Waals surface area contributed by atoms with Crippen molar-refractivity contribution in [2.24, 2.45) is 11.1 Å². The predicted molar refractivity (Wildman–Crippen MR) is 52.7 cm³/mol. The smallest absolute Gasteiger partial charge is 0.324 e. The Morgan fingerprint density at radius 1 is 1.50 bits per heavy atom. The minimum Gasteiger partial charge on any atom is -0.459 e. The van der Waals surface area contributed by atoms with Gasteiger partial charge in [-0.2, -0.15) is 0 Å². The maximum Gasteiger partial charge on any atom is 0.324 e. The Hall–Kier alpha value is -0.610. The van der Waals surface area contributed by atoms with E-state index in [1.54, 1.807) is 0 Å². The van der Waals surface area contributed by atoms with Crippen LogP contribution < -0.4 is 5.73 Å². The van der Waals surface area contributed by atoms with Gasteiger partial charge >= 0.3 is 5.97 Å². The Kier molecular flexibility index (Phi) is 2.88. The first kappa shape index (κ1) is 11.5. The number of ether oxygens (including phenoxy) is 2. The standard InChI is InChI=1S/C10H19NO3/c1-9(2,3)14-8(12)7(11)10(4)5-13-6-10/h7H,5-6,11H2,1-4H3/t7-/m0/s1. The van der Waals surface area contributed by atoms with E-state index >= 15 is 0 Å². The maximum atomic E-state index is 11.6. The summed E-state index contributed by atoms with van der Waals surface area (Å²) in [4.78, 5) is 11.6. The fourth-order valence-electron chi connectivity index (χ4n) is 1.25. The monoisotopic (exact) mass is 201 g/mol. The maximum absolute atomic E-state index is 11.6. The normalized spacial score (nSPS) is 22.4. The molecule has 0 amide bonds. The molecule has 0 aromatic carbocycles. The molecule has 0 saturated carbocycles. The molecular formula is C10H19NO3. The molecule has 1 aliphatic rings. The Morgan fingerprint density at radius 2 is 2.00 bits per heavy atom. The second-order valence-electron chi connectivity index (χ2n) is 5.16. The van der Waals surface area contributed by atoms with Gasteiger partial charge in [-0.15, -0.1) is 0 Å². The van der Waals surface area contributed by atoms with Crippen LogP contribution in [0.4, 0.5) is 0 Å². The number of nitrogens with two attached hydrogens (primary N) is 1. The van der Waals surface area contributed by atoms with Gasteiger partial charge in [-0.1, -0.05) is 6.92 Å². The minimum atomic E-state index is -0.588. The molecule has 0 spiro atoms. The van der Waals surface area contributed by atoms with Gasteiger partial charge in [0, 0.05) is 5.41 Å². The summed E-state index contributed by atoms with van der Waals surface area (Å²) in [5, 5.41) is 0. The summed E-state index contributed by atoms with van der Waals surface area (Å²) in [5.41, 5.74) is 5.09. The quantitative estimate of drug-likeness (QED) is 0.668. The minimum absolute atomic E-state index is 0.248.